The van der Waals surface area contributed by atoms with Crippen molar-refractivity contribution in [1.82, 2.24) is 9.55 Å². The molecule has 0 spiro atoms. The standard InChI is InChI=1S/C19H19FN2O2S2/c1-19(2,3)14(23)10-26-18-21-16-15(17(24)22(18)4)13(9-25-16)11-5-7-12(20)8-6-11/h5-9H,10H2,1-4H3. The average molecular weight is 391 g/mol. The van der Waals surface area contributed by atoms with Crippen LogP contribution in [0.3, 0.4) is 0 Å². The number of fused-ring (bicyclic) bond motifs is 1. The van der Waals surface area contributed by atoms with Gasteiger partial charge in [-0.15, -0.1) is 11.3 Å². The van der Waals surface area contributed by atoms with Crippen molar-refractivity contribution in [2.75, 3.05) is 5.75 Å². The third kappa shape index (κ3) is 3.59. The maximum absolute atomic E-state index is 13.2. The second-order valence-corrected chi connectivity index (χ2v) is 8.86. The van der Waals surface area contributed by atoms with E-state index in [0.717, 1.165) is 11.1 Å². The molecule has 0 bridgehead atoms. The average Bonchev–Trinajstić information content (AvgIpc) is 3.00. The van der Waals surface area contributed by atoms with Crippen LogP contribution in [0.25, 0.3) is 21.3 Å². The van der Waals surface area contributed by atoms with Crippen LogP contribution in [-0.2, 0) is 11.8 Å². The predicted octanol–water partition coefficient (Wildman–Crippen LogP) is 4.51. The Morgan fingerprint density at radius 2 is 1.92 bits per heavy atom. The number of rotatable bonds is 4. The van der Waals surface area contributed by atoms with Crippen LogP contribution in [-0.4, -0.2) is 21.1 Å². The number of benzene rings is 1. The van der Waals surface area contributed by atoms with Crippen molar-refractivity contribution >= 4 is 39.1 Å². The number of nitrogens with zero attached hydrogens (tertiary/aromatic N) is 2. The molecule has 4 nitrogen and oxygen atoms in total. The number of hydrogen-bond acceptors (Lipinski definition) is 5. The minimum atomic E-state index is -0.422. The summed E-state index contributed by atoms with van der Waals surface area (Å²) in [5.41, 5.74) is 0.941. The minimum absolute atomic E-state index is 0.107. The van der Waals surface area contributed by atoms with Gasteiger partial charge in [0.05, 0.1) is 11.1 Å². The lowest BCUT2D eigenvalue weighted by molar-refractivity contribution is -0.123. The second-order valence-electron chi connectivity index (χ2n) is 7.06. The first-order chi connectivity index (χ1) is 12.2. The van der Waals surface area contributed by atoms with E-state index in [9.17, 15) is 14.0 Å². The molecule has 0 amide bonds. The summed E-state index contributed by atoms with van der Waals surface area (Å²) in [5, 5.41) is 2.91. The zero-order valence-electron chi connectivity index (χ0n) is 15.0. The summed E-state index contributed by atoms with van der Waals surface area (Å²) < 4.78 is 14.6. The lowest BCUT2D eigenvalue weighted by Crippen LogP contribution is -2.24. The fourth-order valence-electron chi connectivity index (χ4n) is 2.37. The summed E-state index contributed by atoms with van der Waals surface area (Å²) in [6, 6.07) is 6.06. The number of carbonyl (C=O) groups excluding carboxylic acids is 1. The molecular formula is C19H19FN2O2S2. The van der Waals surface area contributed by atoms with E-state index in [1.165, 1.54) is 39.8 Å². The van der Waals surface area contributed by atoms with Crippen molar-refractivity contribution in [2.24, 2.45) is 12.5 Å². The van der Waals surface area contributed by atoms with Crippen molar-refractivity contribution in [1.29, 1.82) is 0 Å². The molecule has 0 fully saturated rings. The Hall–Kier alpha value is -1.99. The highest BCUT2D eigenvalue weighted by molar-refractivity contribution is 7.99. The Morgan fingerprint density at radius 1 is 1.27 bits per heavy atom. The molecule has 0 N–H and O–H groups in total. The van der Waals surface area contributed by atoms with Crippen LogP contribution in [0.5, 0.6) is 0 Å². The lowest BCUT2D eigenvalue weighted by Gasteiger charge is -2.16. The minimum Gasteiger partial charge on any atom is -0.298 e. The van der Waals surface area contributed by atoms with Crippen molar-refractivity contribution in [3.8, 4) is 11.1 Å². The molecule has 2 aromatic heterocycles. The van der Waals surface area contributed by atoms with Crippen LogP contribution >= 0.6 is 23.1 Å². The molecule has 26 heavy (non-hydrogen) atoms. The Bertz CT molecular complexity index is 1030. The van der Waals surface area contributed by atoms with E-state index in [0.29, 0.717) is 15.4 Å². The number of halogens is 1. The number of hydrogen-bond donors (Lipinski definition) is 0. The summed E-state index contributed by atoms with van der Waals surface area (Å²) in [5.74, 6) is 0.0578. The van der Waals surface area contributed by atoms with Gasteiger partial charge in [0.25, 0.3) is 5.56 Å². The van der Waals surface area contributed by atoms with E-state index in [2.05, 4.69) is 4.98 Å². The van der Waals surface area contributed by atoms with Crippen molar-refractivity contribution in [3.05, 3.63) is 45.8 Å². The molecular weight excluding hydrogens is 371 g/mol. The van der Waals surface area contributed by atoms with Crippen molar-refractivity contribution in [2.45, 2.75) is 25.9 Å². The van der Waals surface area contributed by atoms with Crippen LogP contribution < -0.4 is 5.56 Å². The van der Waals surface area contributed by atoms with Gasteiger partial charge < -0.3 is 0 Å². The fraction of sp³-hybridized carbons (Fsp3) is 0.316. The smallest absolute Gasteiger partial charge is 0.263 e. The normalized spacial score (nSPS) is 11.9. The molecule has 0 aliphatic rings. The SMILES string of the molecule is Cn1c(SCC(=O)C(C)(C)C)nc2scc(-c3ccc(F)cc3)c2c1=O. The van der Waals surface area contributed by atoms with Crippen molar-refractivity contribution < 1.29 is 9.18 Å². The Balaban J connectivity index is 2.01. The van der Waals surface area contributed by atoms with E-state index in [-0.39, 0.29) is 22.9 Å². The first kappa shape index (κ1) is 18.8. The first-order valence-corrected chi connectivity index (χ1v) is 9.95. The summed E-state index contributed by atoms with van der Waals surface area (Å²) in [6.07, 6.45) is 0. The molecule has 2 heterocycles. The van der Waals surface area contributed by atoms with Gasteiger partial charge in [0.1, 0.15) is 16.4 Å². The van der Waals surface area contributed by atoms with Crippen molar-refractivity contribution in [3.63, 3.8) is 0 Å². The zero-order chi connectivity index (χ0) is 19.1. The quantitative estimate of drug-likeness (QED) is 0.486. The highest BCUT2D eigenvalue weighted by Crippen LogP contribution is 2.32. The molecule has 0 radical (unpaired) electrons. The number of thioether (sulfide) groups is 1. The van der Waals surface area contributed by atoms with Gasteiger partial charge in [-0.3, -0.25) is 14.2 Å². The highest BCUT2D eigenvalue weighted by atomic mass is 32.2. The molecule has 0 atom stereocenters. The molecule has 0 saturated carbocycles. The van der Waals surface area contributed by atoms with Crippen LogP contribution in [0.15, 0.2) is 39.6 Å². The van der Waals surface area contributed by atoms with Gasteiger partial charge in [0, 0.05) is 23.4 Å². The topological polar surface area (TPSA) is 52.0 Å². The Morgan fingerprint density at radius 3 is 2.54 bits per heavy atom. The third-order valence-electron chi connectivity index (χ3n) is 4.10. The molecule has 0 saturated heterocycles. The zero-order valence-corrected chi connectivity index (χ0v) is 16.6. The lowest BCUT2D eigenvalue weighted by atomic mass is 9.92. The third-order valence-corrected chi connectivity index (χ3v) is 6.00. The molecule has 0 aliphatic carbocycles. The van der Waals surface area contributed by atoms with Gasteiger partial charge in [0.15, 0.2) is 5.16 Å². The second kappa shape index (κ2) is 6.96. The van der Waals surface area contributed by atoms with Gasteiger partial charge in [-0.25, -0.2) is 9.37 Å². The van der Waals surface area contributed by atoms with Gasteiger partial charge in [-0.1, -0.05) is 44.7 Å². The Labute approximate surface area is 159 Å². The van der Waals surface area contributed by atoms with Gasteiger partial charge in [-0.2, -0.15) is 0 Å². The Kier molecular flexibility index (Phi) is 5.03. The van der Waals surface area contributed by atoms with Crippen LogP contribution in [0, 0.1) is 11.2 Å². The fourth-order valence-corrected chi connectivity index (χ4v) is 4.49. The number of aromatic nitrogens is 2. The molecule has 3 rings (SSSR count). The monoisotopic (exact) mass is 390 g/mol. The maximum Gasteiger partial charge on any atom is 0.263 e. The summed E-state index contributed by atoms with van der Waals surface area (Å²) in [4.78, 5) is 30.2. The molecule has 3 aromatic rings. The van der Waals surface area contributed by atoms with E-state index in [1.54, 1.807) is 19.2 Å². The van der Waals surface area contributed by atoms with E-state index >= 15 is 0 Å². The van der Waals surface area contributed by atoms with Crippen LogP contribution in [0.1, 0.15) is 20.8 Å². The summed E-state index contributed by atoms with van der Waals surface area (Å²) in [7, 11) is 1.66. The van der Waals surface area contributed by atoms with Crippen LogP contribution in [0.4, 0.5) is 4.39 Å². The van der Waals surface area contributed by atoms with E-state index in [4.69, 9.17) is 0 Å². The number of Topliss-reactive ketones (excluding diaryl/α,β-unsaturated/α-hetero) is 1. The number of carbonyl (C=O) groups is 1. The number of ketones is 1. The highest BCUT2D eigenvalue weighted by Gasteiger charge is 2.22. The van der Waals surface area contributed by atoms with Gasteiger partial charge >= 0.3 is 0 Å². The first-order valence-electron chi connectivity index (χ1n) is 8.09. The molecule has 0 aliphatic heterocycles. The summed E-state index contributed by atoms with van der Waals surface area (Å²) >= 11 is 2.65. The summed E-state index contributed by atoms with van der Waals surface area (Å²) in [6.45, 7) is 5.62. The predicted molar refractivity (Wildman–Crippen MR) is 105 cm³/mol. The van der Waals surface area contributed by atoms with E-state index < -0.39 is 5.41 Å². The van der Waals surface area contributed by atoms with Gasteiger partial charge in [0.2, 0.25) is 0 Å². The van der Waals surface area contributed by atoms with Crippen LogP contribution in [0.2, 0.25) is 0 Å². The van der Waals surface area contributed by atoms with Gasteiger partial charge in [-0.05, 0) is 17.7 Å². The van der Waals surface area contributed by atoms with E-state index in [1.807, 2.05) is 26.2 Å². The molecule has 136 valence electrons. The molecule has 1 aromatic carbocycles. The maximum atomic E-state index is 13.2. The molecule has 7 heteroatoms. The largest absolute Gasteiger partial charge is 0.298 e. The molecule has 0 unspecified atom stereocenters. The number of thiophene rings is 1.